The Morgan fingerprint density at radius 2 is 1.90 bits per heavy atom. The lowest BCUT2D eigenvalue weighted by atomic mass is 10.1. The van der Waals surface area contributed by atoms with E-state index in [0.29, 0.717) is 11.2 Å². The Hall–Kier alpha value is -2.64. The quantitative estimate of drug-likeness (QED) is 0.410. The molecule has 5 rings (SSSR count). The van der Waals surface area contributed by atoms with Crippen LogP contribution >= 0.6 is 22.7 Å². The fourth-order valence-corrected chi connectivity index (χ4v) is 5.79. The molecule has 1 atom stereocenters. The SMILES string of the molecule is C[C@H](Nc1ccc(N2CCCCC2)cc1)c1nc2scc(-c3cccs3)c2c(=O)[nH]1. The number of piperidine rings is 1. The first-order valence-electron chi connectivity index (χ1n) is 10.4. The number of nitrogens with one attached hydrogen (secondary N) is 2. The molecular formula is C23H24N4OS2. The number of fused-ring (bicyclic) bond motifs is 1. The van der Waals surface area contributed by atoms with E-state index in [1.807, 2.05) is 29.8 Å². The van der Waals surface area contributed by atoms with Crippen LogP contribution in [0.2, 0.25) is 0 Å². The normalized spacial score (nSPS) is 15.4. The number of thiophene rings is 2. The molecule has 0 bridgehead atoms. The smallest absolute Gasteiger partial charge is 0.260 e. The van der Waals surface area contributed by atoms with E-state index in [1.54, 1.807) is 11.3 Å². The average Bonchev–Trinajstić information content (AvgIpc) is 3.45. The van der Waals surface area contributed by atoms with Gasteiger partial charge in [0.05, 0.1) is 11.4 Å². The minimum atomic E-state index is -0.102. The average molecular weight is 437 g/mol. The number of hydrogen-bond donors (Lipinski definition) is 2. The number of H-pyrrole nitrogens is 1. The fraction of sp³-hybridized carbons (Fsp3) is 0.304. The molecular weight excluding hydrogens is 412 g/mol. The van der Waals surface area contributed by atoms with Gasteiger partial charge in [0.25, 0.3) is 5.56 Å². The number of rotatable bonds is 5. The van der Waals surface area contributed by atoms with E-state index >= 15 is 0 Å². The molecule has 7 heteroatoms. The molecule has 154 valence electrons. The zero-order chi connectivity index (χ0) is 20.5. The van der Waals surface area contributed by atoms with Crippen molar-refractivity contribution in [2.45, 2.75) is 32.2 Å². The van der Waals surface area contributed by atoms with Crippen LogP contribution in [0.15, 0.2) is 52.0 Å². The summed E-state index contributed by atoms with van der Waals surface area (Å²) in [5.41, 5.74) is 3.20. The predicted molar refractivity (Wildman–Crippen MR) is 128 cm³/mol. The van der Waals surface area contributed by atoms with Crippen molar-refractivity contribution < 1.29 is 0 Å². The lowest BCUT2D eigenvalue weighted by molar-refractivity contribution is 0.578. The zero-order valence-corrected chi connectivity index (χ0v) is 18.5. The van der Waals surface area contributed by atoms with Crippen molar-refractivity contribution >= 4 is 44.3 Å². The van der Waals surface area contributed by atoms with Crippen LogP contribution in [0.1, 0.15) is 38.1 Å². The zero-order valence-electron chi connectivity index (χ0n) is 16.9. The van der Waals surface area contributed by atoms with Crippen LogP contribution in [0, 0.1) is 0 Å². The highest BCUT2D eigenvalue weighted by Crippen LogP contribution is 2.34. The van der Waals surface area contributed by atoms with Crippen LogP contribution in [-0.2, 0) is 0 Å². The van der Waals surface area contributed by atoms with Crippen molar-refractivity contribution in [3.05, 3.63) is 63.3 Å². The van der Waals surface area contributed by atoms with Crippen LogP contribution in [0.3, 0.4) is 0 Å². The molecule has 0 radical (unpaired) electrons. The summed E-state index contributed by atoms with van der Waals surface area (Å²) in [7, 11) is 0. The number of hydrogen-bond acceptors (Lipinski definition) is 6. The van der Waals surface area contributed by atoms with Gasteiger partial charge in [0.1, 0.15) is 10.7 Å². The van der Waals surface area contributed by atoms with Crippen LogP contribution in [0.25, 0.3) is 20.7 Å². The standard InChI is InChI=1S/C23H24N4OS2/c1-15(24-16-7-9-17(10-8-16)27-11-3-2-4-12-27)21-25-22(28)20-18(14-30-23(20)26-21)19-6-5-13-29-19/h5-10,13-15,24H,2-4,11-12H2,1H3,(H,25,26,28)/t15-/m0/s1. The van der Waals surface area contributed by atoms with Gasteiger partial charge in [-0.3, -0.25) is 4.79 Å². The number of aromatic amines is 1. The molecule has 1 fully saturated rings. The van der Waals surface area contributed by atoms with E-state index in [2.05, 4.69) is 39.5 Å². The van der Waals surface area contributed by atoms with Gasteiger partial charge in [0.2, 0.25) is 0 Å². The first-order chi connectivity index (χ1) is 14.7. The molecule has 0 unspecified atom stereocenters. The molecule has 1 saturated heterocycles. The number of anilines is 2. The summed E-state index contributed by atoms with van der Waals surface area (Å²) in [6, 6.07) is 12.5. The van der Waals surface area contributed by atoms with Crippen molar-refractivity contribution in [3.63, 3.8) is 0 Å². The summed E-state index contributed by atoms with van der Waals surface area (Å²) in [5.74, 6) is 0.659. The van der Waals surface area contributed by atoms with Gasteiger partial charge in [-0.15, -0.1) is 22.7 Å². The third-order valence-corrected chi connectivity index (χ3v) is 7.41. The van der Waals surface area contributed by atoms with Crippen LogP contribution in [0.4, 0.5) is 11.4 Å². The minimum absolute atomic E-state index is 0.0752. The van der Waals surface area contributed by atoms with Crippen molar-refractivity contribution in [3.8, 4) is 10.4 Å². The maximum Gasteiger partial charge on any atom is 0.260 e. The summed E-state index contributed by atoms with van der Waals surface area (Å²) in [4.78, 5) is 24.9. The molecule has 0 aliphatic carbocycles. The predicted octanol–water partition coefficient (Wildman–Crippen LogP) is 5.88. The third-order valence-electron chi connectivity index (χ3n) is 5.63. The van der Waals surface area contributed by atoms with E-state index in [-0.39, 0.29) is 11.6 Å². The van der Waals surface area contributed by atoms with Crippen LogP contribution < -0.4 is 15.8 Å². The van der Waals surface area contributed by atoms with Gasteiger partial charge in [-0.25, -0.2) is 4.98 Å². The second kappa shape index (κ2) is 8.24. The Kier molecular flexibility index (Phi) is 5.31. The van der Waals surface area contributed by atoms with Gasteiger partial charge in [-0.2, -0.15) is 0 Å². The number of nitrogens with zero attached hydrogens (tertiary/aromatic N) is 2. The Bertz CT molecular complexity index is 1190. The van der Waals surface area contributed by atoms with Crippen molar-refractivity contribution in [1.29, 1.82) is 0 Å². The van der Waals surface area contributed by atoms with Crippen LogP contribution in [-0.4, -0.2) is 23.1 Å². The Balaban J connectivity index is 1.36. The summed E-state index contributed by atoms with van der Waals surface area (Å²) in [6.45, 7) is 4.31. The highest BCUT2D eigenvalue weighted by Gasteiger charge is 2.17. The molecule has 3 aromatic heterocycles. The summed E-state index contributed by atoms with van der Waals surface area (Å²) < 4.78 is 0. The van der Waals surface area contributed by atoms with Gasteiger partial charge < -0.3 is 15.2 Å². The lowest BCUT2D eigenvalue weighted by Gasteiger charge is -2.29. The molecule has 0 saturated carbocycles. The van der Waals surface area contributed by atoms with E-state index in [9.17, 15) is 4.79 Å². The van der Waals surface area contributed by atoms with E-state index in [4.69, 9.17) is 4.98 Å². The molecule has 4 heterocycles. The summed E-state index contributed by atoms with van der Waals surface area (Å²) >= 11 is 3.16. The first kappa shape index (κ1) is 19.3. The Labute approximate surface area is 183 Å². The second-order valence-electron chi connectivity index (χ2n) is 7.72. The highest BCUT2D eigenvalue weighted by atomic mass is 32.1. The van der Waals surface area contributed by atoms with Crippen LogP contribution in [0.5, 0.6) is 0 Å². The summed E-state index contributed by atoms with van der Waals surface area (Å²) in [5, 5.41) is 8.21. The Morgan fingerprint density at radius 1 is 1.10 bits per heavy atom. The monoisotopic (exact) mass is 436 g/mol. The second-order valence-corrected chi connectivity index (χ2v) is 9.52. The van der Waals surface area contributed by atoms with E-state index < -0.39 is 0 Å². The van der Waals surface area contributed by atoms with Gasteiger partial charge in [-0.05, 0) is 61.9 Å². The van der Waals surface area contributed by atoms with E-state index in [1.165, 1.54) is 36.3 Å². The third kappa shape index (κ3) is 3.75. The topological polar surface area (TPSA) is 61.0 Å². The molecule has 4 aromatic rings. The molecule has 2 N–H and O–H groups in total. The minimum Gasteiger partial charge on any atom is -0.375 e. The fourth-order valence-electron chi connectivity index (χ4n) is 4.02. The molecule has 5 nitrogen and oxygen atoms in total. The number of benzene rings is 1. The van der Waals surface area contributed by atoms with Gasteiger partial charge in [0, 0.05) is 40.3 Å². The molecule has 30 heavy (non-hydrogen) atoms. The Morgan fingerprint density at radius 3 is 2.63 bits per heavy atom. The van der Waals surface area contributed by atoms with Gasteiger partial charge >= 0.3 is 0 Å². The largest absolute Gasteiger partial charge is 0.375 e. The van der Waals surface area contributed by atoms with Crippen molar-refractivity contribution in [2.24, 2.45) is 0 Å². The maximum absolute atomic E-state index is 12.8. The molecule has 1 aliphatic heterocycles. The van der Waals surface area contributed by atoms with Crippen molar-refractivity contribution in [2.75, 3.05) is 23.3 Å². The maximum atomic E-state index is 12.8. The molecule has 1 aromatic carbocycles. The van der Waals surface area contributed by atoms with Gasteiger partial charge in [-0.1, -0.05) is 6.07 Å². The summed E-state index contributed by atoms with van der Waals surface area (Å²) in [6.07, 6.45) is 3.88. The highest BCUT2D eigenvalue weighted by molar-refractivity contribution is 7.18. The molecule has 0 amide bonds. The first-order valence-corrected chi connectivity index (χ1v) is 12.1. The lowest BCUT2D eigenvalue weighted by Crippen LogP contribution is -2.29. The molecule has 0 spiro atoms. The molecule has 1 aliphatic rings. The van der Waals surface area contributed by atoms with Crippen molar-refractivity contribution in [1.82, 2.24) is 9.97 Å². The van der Waals surface area contributed by atoms with Gasteiger partial charge in [0.15, 0.2) is 0 Å². The number of aromatic nitrogens is 2. The van der Waals surface area contributed by atoms with E-state index in [0.717, 1.165) is 34.0 Å².